The summed E-state index contributed by atoms with van der Waals surface area (Å²) in [6.07, 6.45) is 1.60. The number of ether oxygens (including phenoxy) is 2. The van der Waals surface area contributed by atoms with Crippen LogP contribution in [-0.2, 0) is 16.1 Å². The predicted octanol–water partition coefficient (Wildman–Crippen LogP) is 2.42. The molecule has 1 aromatic rings. The van der Waals surface area contributed by atoms with Gasteiger partial charge in [-0.15, -0.1) is 0 Å². The number of carbonyl (C=O) groups excluding carboxylic acids is 1. The van der Waals surface area contributed by atoms with Gasteiger partial charge in [-0.2, -0.15) is 0 Å². The van der Waals surface area contributed by atoms with Gasteiger partial charge in [-0.05, 0) is 26.8 Å². The van der Waals surface area contributed by atoms with E-state index in [0.717, 1.165) is 5.56 Å². The highest BCUT2D eigenvalue weighted by atomic mass is 16.5. The summed E-state index contributed by atoms with van der Waals surface area (Å²) in [5.74, 6) is 0.198. The van der Waals surface area contributed by atoms with Gasteiger partial charge in [0.05, 0.1) is 24.6 Å². The van der Waals surface area contributed by atoms with E-state index in [1.54, 1.807) is 23.4 Å². The van der Waals surface area contributed by atoms with E-state index in [-0.39, 0.29) is 18.4 Å². The summed E-state index contributed by atoms with van der Waals surface area (Å²) in [5, 5.41) is 9.72. The minimum absolute atomic E-state index is 0.0565. The summed E-state index contributed by atoms with van der Waals surface area (Å²) in [6.45, 7) is 6.10. The minimum atomic E-state index is -0.528. The Kier molecular flexibility index (Phi) is 4.06. The first-order chi connectivity index (χ1) is 9.81. The number of esters is 1. The maximum Gasteiger partial charge on any atom is 0.312 e. The quantitative estimate of drug-likeness (QED) is 0.866. The highest BCUT2D eigenvalue weighted by molar-refractivity contribution is 5.75. The van der Waals surface area contributed by atoms with Gasteiger partial charge in [0.1, 0.15) is 0 Å². The van der Waals surface area contributed by atoms with Crippen molar-refractivity contribution in [2.24, 2.45) is 10.4 Å². The predicted molar refractivity (Wildman–Crippen MR) is 78.8 cm³/mol. The van der Waals surface area contributed by atoms with Crippen LogP contribution in [0.1, 0.15) is 26.3 Å². The van der Waals surface area contributed by atoms with E-state index in [4.69, 9.17) is 9.47 Å². The molecule has 0 aromatic heterocycles. The third kappa shape index (κ3) is 3.45. The van der Waals surface area contributed by atoms with Crippen molar-refractivity contribution in [3.05, 3.63) is 17.7 Å². The van der Waals surface area contributed by atoms with Crippen molar-refractivity contribution < 1.29 is 19.4 Å². The first-order valence-corrected chi connectivity index (χ1v) is 6.66. The maximum atomic E-state index is 11.8. The molecule has 1 aliphatic heterocycles. The van der Waals surface area contributed by atoms with Crippen molar-refractivity contribution in [3.63, 3.8) is 0 Å². The van der Waals surface area contributed by atoms with Crippen LogP contribution < -0.4 is 4.74 Å². The average molecular weight is 292 g/mol. The van der Waals surface area contributed by atoms with Gasteiger partial charge in [0.2, 0.25) is 0 Å². The lowest BCUT2D eigenvalue weighted by Gasteiger charge is -2.26. The number of phenolic OH excluding ortho intramolecular Hbond substituents is 1. The summed E-state index contributed by atoms with van der Waals surface area (Å²) in [6, 6.07) is 3.29. The molecule has 1 aromatic carbocycles. The Morgan fingerprint density at radius 2 is 2.14 bits per heavy atom. The molecule has 0 unspecified atom stereocenters. The number of nitrogens with zero attached hydrogens (tertiary/aromatic N) is 2. The van der Waals surface area contributed by atoms with Crippen molar-refractivity contribution >= 4 is 18.0 Å². The SMILES string of the molecule is COc1cc2c(cc1O)N=CN(COC(=O)C(C)(C)C)C2. The van der Waals surface area contributed by atoms with E-state index < -0.39 is 5.41 Å². The third-order valence-corrected chi connectivity index (χ3v) is 3.09. The van der Waals surface area contributed by atoms with Gasteiger partial charge in [0, 0.05) is 18.2 Å². The highest BCUT2D eigenvalue weighted by Crippen LogP contribution is 2.35. The molecule has 1 aliphatic rings. The lowest BCUT2D eigenvalue weighted by atomic mass is 9.98. The molecule has 1 N–H and O–H groups in total. The Hall–Kier alpha value is -2.24. The molecule has 6 heteroatoms. The lowest BCUT2D eigenvalue weighted by Crippen LogP contribution is -2.32. The normalized spacial score (nSPS) is 13.8. The number of hydrogen-bond donors (Lipinski definition) is 1. The number of benzene rings is 1. The fourth-order valence-corrected chi connectivity index (χ4v) is 1.85. The second-order valence-electron chi connectivity index (χ2n) is 5.96. The molecule has 0 fully saturated rings. The Morgan fingerprint density at radius 1 is 1.43 bits per heavy atom. The molecule has 0 spiro atoms. The topological polar surface area (TPSA) is 71.4 Å². The molecule has 0 atom stereocenters. The molecule has 114 valence electrons. The van der Waals surface area contributed by atoms with Crippen molar-refractivity contribution in [1.82, 2.24) is 4.90 Å². The van der Waals surface area contributed by atoms with Crippen molar-refractivity contribution in [2.75, 3.05) is 13.8 Å². The summed E-state index contributed by atoms with van der Waals surface area (Å²) in [4.78, 5) is 17.8. The van der Waals surface area contributed by atoms with Gasteiger partial charge in [0.15, 0.2) is 18.2 Å². The molecule has 1 heterocycles. The Labute approximate surface area is 124 Å². The van der Waals surface area contributed by atoms with Crippen LogP contribution in [0.4, 0.5) is 5.69 Å². The molecule has 0 saturated carbocycles. The third-order valence-electron chi connectivity index (χ3n) is 3.09. The number of hydrogen-bond acceptors (Lipinski definition) is 6. The summed E-state index contributed by atoms with van der Waals surface area (Å²) < 4.78 is 10.3. The Morgan fingerprint density at radius 3 is 2.76 bits per heavy atom. The number of aromatic hydroxyl groups is 1. The zero-order valence-electron chi connectivity index (χ0n) is 12.7. The van der Waals surface area contributed by atoms with Gasteiger partial charge in [-0.3, -0.25) is 4.79 Å². The molecular formula is C15H20N2O4. The summed E-state index contributed by atoms with van der Waals surface area (Å²) in [7, 11) is 1.50. The van der Waals surface area contributed by atoms with Crippen LogP contribution in [0.5, 0.6) is 11.5 Å². The molecule has 0 amide bonds. The first kappa shape index (κ1) is 15.2. The molecule has 6 nitrogen and oxygen atoms in total. The van der Waals surface area contributed by atoms with Gasteiger partial charge in [-0.25, -0.2) is 4.99 Å². The fraction of sp³-hybridized carbons (Fsp3) is 0.467. The van der Waals surface area contributed by atoms with Gasteiger partial charge in [0.25, 0.3) is 0 Å². The van der Waals surface area contributed by atoms with E-state index in [9.17, 15) is 9.90 Å². The highest BCUT2D eigenvalue weighted by Gasteiger charge is 2.24. The second-order valence-corrected chi connectivity index (χ2v) is 5.96. The molecule has 2 rings (SSSR count). The number of phenols is 1. The Balaban J connectivity index is 2.05. The van der Waals surface area contributed by atoms with E-state index in [1.165, 1.54) is 7.11 Å². The van der Waals surface area contributed by atoms with E-state index in [2.05, 4.69) is 4.99 Å². The zero-order valence-corrected chi connectivity index (χ0v) is 12.7. The van der Waals surface area contributed by atoms with Crippen LogP contribution in [-0.4, -0.2) is 36.2 Å². The minimum Gasteiger partial charge on any atom is -0.504 e. The van der Waals surface area contributed by atoms with E-state index in [1.807, 2.05) is 20.8 Å². The van der Waals surface area contributed by atoms with Gasteiger partial charge in [-0.1, -0.05) is 0 Å². The first-order valence-electron chi connectivity index (χ1n) is 6.66. The van der Waals surface area contributed by atoms with Crippen LogP contribution >= 0.6 is 0 Å². The van der Waals surface area contributed by atoms with E-state index in [0.29, 0.717) is 18.0 Å². The standard InChI is InChI=1S/C15H20N2O4/c1-15(2,3)14(19)21-9-17-7-10-5-13(20-4)12(18)6-11(10)16-8-17/h5-6,8,18H,7,9H2,1-4H3. The zero-order chi connectivity index (χ0) is 15.6. The van der Waals surface area contributed by atoms with Crippen molar-refractivity contribution in [2.45, 2.75) is 27.3 Å². The van der Waals surface area contributed by atoms with E-state index >= 15 is 0 Å². The number of fused-ring (bicyclic) bond motifs is 1. The fourth-order valence-electron chi connectivity index (χ4n) is 1.85. The molecule has 21 heavy (non-hydrogen) atoms. The maximum absolute atomic E-state index is 11.8. The summed E-state index contributed by atoms with van der Waals surface area (Å²) in [5.41, 5.74) is 1.06. The second kappa shape index (κ2) is 5.63. The van der Waals surface area contributed by atoms with Crippen molar-refractivity contribution in [3.8, 4) is 11.5 Å². The van der Waals surface area contributed by atoms with Gasteiger partial charge < -0.3 is 19.5 Å². The monoisotopic (exact) mass is 292 g/mol. The molecular weight excluding hydrogens is 272 g/mol. The number of rotatable bonds is 3. The van der Waals surface area contributed by atoms with Gasteiger partial charge >= 0.3 is 5.97 Å². The lowest BCUT2D eigenvalue weighted by molar-refractivity contribution is -0.156. The Bertz CT molecular complexity index is 576. The van der Waals surface area contributed by atoms with Crippen LogP contribution in [0.3, 0.4) is 0 Å². The molecule has 0 bridgehead atoms. The van der Waals surface area contributed by atoms with Crippen LogP contribution in [0.15, 0.2) is 17.1 Å². The smallest absolute Gasteiger partial charge is 0.312 e. The molecule has 0 radical (unpaired) electrons. The average Bonchev–Trinajstić information content (AvgIpc) is 2.42. The molecule has 0 aliphatic carbocycles. The van der Waals surface area contributed by atoms with Crippen LogP contribution in [0, 0.1) is 5.41 Å². The summed E-state index contributed by atoms with van der Waals surface area (Å²) >= 11 is 0. The van der Waals surface area contributed by atoms with Crippen LogP contribution in [0.25, 0.3) is 0 Å². The number of methoxy groups -OCH3 is 1. The largest absolute Gasteiger partial charge is 0.504 e. The van der Waals surface area contributed by atoms with Crippen LogP contribution in [0.2, 0.25) is 0 Å². The van der Waals surface area contributed by atoms with Crippen molar-refractivity contribution in [1.29, 1.82) is 0 Å². The molecule has 0 saturated heterocycles. The number of carbonyl (C=O) groups is 1. The number of aliphatic imine (C=N–C) groups is 1.